The number of H-pyrrole nitrogens is 1. The third-order valence-corrected chi connectivity index (χ3v) is 7.19. The second-order valence-corrected chi connectivity index (χ2v) is 10.7. The van der Waals surface area contributed by atoms with Gasteiger partial charge in [-0.25, -0.2) is 9.36 Å². The SMILES string of the molecule is C#C[C@]1(CO[P@@](=O)(N[C@@H](C)C(=O)OC(C)C)Oc2ccccc2)O[C@@H](n2cc(C)c(=O)[nH]c2=O)C(O)[C@H]1O. The molecule has 1 aromatic heterocycles. The first-order valence-electron chi connectivity index (χ1n) is 11.6. The van der Waals surface area contributed by atoms with Crippen molar-refractivity contribution in [1.82, 2.24) is 14.6 Å². The number of aliphatic hydroxyl groups excluding tert-OH is 2. The highest BCUT2D eigenvalue weighted by Gasteiger charge is 2.56. The minimum atomic E-state index is -4.40. The smallest absolute Gasteiger partial charge is 0.459 e. The Kier molecular flexibility index (Phi) is 8.99. The molecular formula is C24H30N3O10P. The van der Waals surface area contributed by atoms with Gasteiger partial charge in [-0.2, -0.15) is 5.09 Å². The predicted molar refractivity (Wildman–Crippen MR) is 134 cm³/mol. The van der Waals surface area contributed by atoms with E-state index in [4.69, 9.17) is 24.9 Å². The molecule has 0 amide bonds. The van der Waals surface area contributed by atoms with Crippen molar-refractivity contribution < 1.29 is 38.1 Å². The maximum atomic E-state index is 13.7. The summed E-state index contributed by atoms with van der Waals surface area (Å²) in [5.41, 5.74) is -3.52. The number of para-hydroxylation sites is 1. The van der Waals surface area contributed by atoms with Gasteiger partial charge >= 0.3 is 19.4 Å². The number of aromatic nitrogens is 2. The van der Waals surface area contributed by atoms with E-state index in [1.165, 1.54) is 26.0 Å². The number of aryl methyl sites for hydroxylation is 1. The molecule has 3 rings (SSSR count). The van der Waals surface area contributed by atoms with Crippen LogP contribution in [0.5, 0.6) is 5.75 Å². The summed E-state index contributed by atoms with van der Waals surface area (Å²) in [5.74, 6) is 1.60. The Morgan fingerprint density at radius 3 is 2.55 bits per heavy atom. The first kappa shape index (κ1) is 29.3. The molecule has 1 aliphatic heterocycles. The van der Waals surface area contributed by atoms with Crippen LogP contribution in [0.15, 0.2) is 46.1 Å². The normalized spacial score (nSPS) is 25.4. The maximum absolute atomic E-state index is 13.7. The first-order valence-corrected chi connectivity index (χ1v) is 13.2. The van der Waals surface area contributed by atoms with Crippen LogP contribution in [0.4, 0.5) is 0 Å². The van der Waals surface area contributed by atoms with Crippen LogP contribution in [0.3, 0.4) is 0 Å². The fourth-order valence-corrected chi connectivity index (χ4v) is 5.10. The van der Waals surface area contributed by atoms with Gasteiger partial charge in [0.15, 0.2) is 11.8 Å². The molecule has 13 nitrogen and oxygen atoms in total. The van der Waals surface area contributed by atoms with E-state index in [-0.39, 0.29) is 11.3 Å². The Labute approximate surface area is 218 Å². The van der Waals surface area contributed by atoms with Crippen LogP contribution in [0.25, 0.3) is 0 Å². The number of rotatable bonds is 10. The van der Waals surface area contributed by atoms with Crippen LogP contribution in [-0.4, -0.2) is 62.3 Å². The van der Waals surface area contributed by atoms with Gasteiger partial charge in [-0.05, 0) is 39.8 Å². The number of nitrogens with one attached hydrogen (secondary N) is 2. The molecule has 1 aromatic carbocycles. The Morgan fingerprint density at radius 2 is 1.95 bits per heavy atom. The van der Waals surface area contributed by atoms with Gasteiger partial charge in [0.2, 0.25) is 0 Å². The van der Waals surface area contributed by atoms with Crippen molar-refractivity contribution in [1.29, 1.82) is 0 Å². The molecule has 1 unspecified atom stereocenters. The van der Waals surface area contributed by atoms with Crippen LogP contribution >= 0.6 is 7.75 Å². The monoisotopic (exact) mass is 551 g/mol. The minimum Gasteiger partial charge on any atom is -0.462 e. The fraction of sp³-hybridized carbons (Fsp3) is 0.458. The van der Waals surface area contributed by atoms with E-state index in [0.29, 0.717) is 0 Å². The van der Waals surface area contributed by atoms with E-state index >= 15 is 0 Å². The van der Waals surface area contributed by atoms with Crippen molar-refractivity contribution in [2.24, 2.45) is 0 Å². The molecular weight excluding hydrogens is 521 g/mol. The molecule has 1 fully saturated rings. The molecule has 38 heavy (non-hydrogen) atoms. The molecule has 4 N–H and O–H groups in total. The molecule has 2 aromatic rings. The topological polar surface area (TPSA) is 178 Å². The van der Waals surface area contributed by atoms with Crippen molar-refractivity contribution in [2.75, 3.05) is 6.61 Å². The summed E-state index contributed by atoms with van der Waals surface area (Å²) in [7, 11) is -4.40. The zero-order valence-corrected chi connectivity index (χ0v) is 22.1. The first-order chi connectivity index (χ1) is 17.8. The number of aliphatic hydroxyl groups is 2. The third kappa shape index (κ3) is 6.42. The van der Waals surface area contributed by atoms with E-state index in [9.17, 15) is 29.2 Å². The van der Waals surface area contributed by atoms with Crippen LogP contribution in [0.2, 0.25) is 0 Å². The summed E-state index contributed by atoms with van der Waals surface area (Å²) in [5, 5.41) is 24.0. The molecule has 6 atom stereocenters. The van der Waals surface area contributed by atoms with Gasteiger partial charge in [0.1, 0.15) is 30.6 Å². The summed E-state index contributed by atoms with van der Waals surface area (Å²) in [6.45, 7) is 5.32. The lowest BCUT2D eigenvalue weighted by Gasteiger charge is -2.29. The van der Waals surface area contributed by atoms with Gasteiger partial charge in [0.25, 0.3) is 5.56 Å². The van der Waals surface area contributed by atoms with Crippen LogP contribution < -0.4 is 20.9 Å². The number of hydrogen-bond donors (Lipinski definition) is 4. The number of ether oxygens (including phenoxy) is 2. The lowest BCUT2D eigenvalue weighted by molar-refractivity contribution is -0.149. The van der Waals surface area contributed by atoms with E-state index in [1.54, 1.807) is 32.0 Å². The Morgan fingerprint density at radius 1 is 1.29 bits per heavy atom. The number of benzene rings is 1. The summed E-state index contributed by atoms with van der Waals surface area (Å²) >= 11 is 0. The average molecular weight is 551 g/mol. The Balaban J connectivity index is 1.89. The van der Waals surface area contributed by atoms with E-state index < -0.39 is 67.8 Å². The van der Waals surface area contributed by atoms with E-state index in [1.807, 2.05) is 0 Å². The standard InChI is InChI=1S/C24H30N3O10P/c1-6-24(19(29)18(28)21(36-24)27-12-15(4)20(30)25-23(27)32)13-34-38(33,37-17-10-8-7-9-11-17)26-16(5)22(31)35-14(2)3/h1,7-12,14,16,18-19,21,28-29H,13H2,2-5H3,(H,26,33)(H,25,30,32)/t16-,18?,19+,21+,24+,38-/m0/s1. The highest BCUT2D eigenvalue weighted by molar-refractivity contribution is 7.52. The van der Waals surface area contributed by atoms with Gasteiger partial charge < -0.3 is 24.2 Å². The lowest BCUT2D eigenvalue weighted by atomic mass is 9.97. The molecule has 0 spiro atoms. The van der Waals surface area contributed by atoms with Gasteiger partial charge in [-0.1, -0.05) is 24.1 Å². The second kappa shape index (κ2) is 11.7. The van der Waals surface area contributed by atoms with Crippen molar-refractivity contribution in [3.05, 3.63) is 62.9 Å². The number of terminal acetylenes is 1. The predicted octanol–water partition coefficient (Wildman–Crippen LogP) is 0.601. The number of carbonyl (C=O) groups excluding carboxylic acids is 1. The van der Waals surface area contributed by atoms with Crippen LogP contribution in [0, 0.1) is 19.3 Å². The number of nitrogens with zero attached hydrogens (tertiary/aromatic N) is 1. The summed E-state index contributed by atoms with van der Waals surface area (Å²) in [6, 6.07) is 6.78. The molecule has 14 heteroatoms. The second-order valence-electron chi connectivity index (χ2n) is 8.97. The number of esters is 1. The fourth-order valence-electron chi connectivity index (χ4n) is 3.58. The van der Waals surface area contributed by atoms with Crippen molar-refractivity contribution in [3.63, 3.8) is 0 Å². The third-order valence-electron chi connectivity index (χ3n) is 5.56. The maximum Gasteiger partial charge on any atom is 0.459 e. The van der Waals surface area contributed by atoms with Crippen LogP contribution in [0.1, 0.15) is 32.6 Å². The van der Waals surface area contributed by atoms with Crippen molar-refractivity contribution in [3.8, 4) is 18.1 Å². The van der Waals surface area contributed by atoms with Crippen molar-refractivity contribution in [2.45, 2.75) is 63.9 Å². The molecule has 206 valence electrons. The molecule has 1 aliphatic rings. The molecule has 2 heterocycles. The highest BCUT2D eigenvalue weighted by Crippen LogP contribution is 2.47. The summed E-state index contributed by atoms with van der Waals surface area (Å²) in [4.78, 5) is 38.5. The average Bonchev–Trinajstić information content (AvgIpc) is 3.11. The molecule has 0 saturated carbocycles. The van der Waals surface area contributed by atoms with E-state index in [2.05, 4.69) is 16.0 Å². The van der Waals surface area contributed by atoms with E-state index in [0.717, 1.165) is 10.8 Å². The number of carbonyl (C=O) groups is 1. The number of aromatic amines is 1. The minimum absolute atomic E-state index is 0.128. The van der Waals surface area contributed by atoms with Crippen LogP contribution in [-0.2, 0) is 23.4 Å². The van der Waals surface area contributed by atoms with Gasteiger partial charge in [0, 0.05) is 11.8 Å². The summed E-state index contributed by atoms with van der Waals surface area (Å²) < 4.78 is 36.6. The Hall–Kier alpha value is -3.24. The highest BCUT2D eigenvalue weighted by atomic mass is 31.2. The van der Waals surface area contributed by atoms with Gasteiger partial charge in [-0.3, -0.25) is 23.7 Å². The lowest BCUT2D eigenvalue weighted by Crippen LogP contribution is -2.46. The summed E-state index contributed by atoms with van der Waals surface area (Å²) in [6.07, 6.45) is 1.28. The quantitative estimate of drug-likeness (QED) is 0.185. The number of hydrogen-bond acceptors (Lipinski definition) is 10. The largest absolute Gasteiger partial charge is 0.462 e. The Bertz CT molecular complexity index is 1350. The van der Waals surface area contributed by atoms with Gasteiger partial charge in [-0.15, -0.1) is 6.42 Å². The zero-order chi connectivity index (χ0) is 28.3. The van der Waals surface area contributed by atoms with Gasteiger partial charge in [0.05, 0.1) is 6.10 Å². The molecule has 0 bridgehead atoms. The van der Waals surface area contributed by atoms with Crippen molar-refractivity contribution >= 4 is 13.7 Å². The molecule has 0 radical (unpaired) electrons. The molecule has 0 aliphatic carbocycles. The zero-order valence-electron chi connectivity index (χ0n) is 21.2. The molecule has 1 saturated heterocycles.